The average Bonchev–Trinajstić information content (AvgIpc) is 2.62. The highest BCUT2D eigenvalue weighted by Gasteiger charge is 2.21. The van der Waals surface area contributed by atoms with Crippen molar-refractivity contribution in [2.75, 3.05) is 43.5 Å². The number of hydrogen-bond donors (Lipinski definition) is 1. The molecule has 1 aliphatic heterocycles. The summed E-state index contributed by atoms with van der Waals surface area (Å²) in [6.07, 6.45) is 0. The van der Waals surface area contributed by atoms with Crippen molar-refractivity contribution in [1.82, 2.24) is 4.90 Å². The second-order valence-corrected chi connectivity index (χ2v) is 6.53. The molecule has 2 amide bonds. The number of hydrogen-bond acceptors (Lipinski definition) is 3. The Bertz CT molecular complexity index is 715. The highest BCUT2D eigenvalue weighted by molar-refractivity contribution is 9.10. The zero-order valence-electron chi connectivity index (χ0n) is 13.5. The molecule has 0 aliphatic carbocycles. The van der Waals surface area contributed by atoms with Crippen LogP contribution in [0.15, 0.2) is 53.0 Å². The van der Waals surface area contributed by atoms with Crippen LogP contribution >= 0.6 is 15.9 Å². The van der Waals surface area contributed by atoms with E-state index in [2.05, 4.69) is 38.3 Å². The zero-order valence-corrected chi connectivity index (χ0v) is 15.1. The molecule has 1 saturated heterocycles. The minimum Gasteiger partial charge on any atom is -0.497 e. The van der Waals surface area contributed by atoms with Crippen LogP contribution in [0, 0.1) is 0 Å². The Hall–Kier alpha value is -2.21. The van der Waals surface area contributed by atoms with E-state index in [0.29, 0.717) is 13.1 Å². The van der Waals surface area contributed by atoms with Gasteiger partial charge in [-0.2, -0.15) is 0 Å². The quantitative estimate of drug-likeness (QED) is 0.867. The fraction of sp³-hybridized carbons (Fsp3) is 0.278. The van der Waals surface area contributed by atoms with E-state index in [-0.39, 0.29) is 6.03 Å². The highest BCUT2D eigenvalue weighted by atomic mass is 79.9. The Balaban J connectivity index is 1.57. The third-order valence-electron chi connectivity index (χ3n) is 4.06. The molecule has 0 atom stereocenters. The molecule has 0 spiro atoms. The van der Waals surface area contributed by atoms with Gasteiger partial charge in [-0.1, -0.05) is 28.1 Å². The lowest BCUT2D eigenvalue weighted by Gasteiger charge is -2.36. The fourth-order valence-electron chi connectivity index (χ4n) is 2.74. The van der Waals surface area contributed by atoms with Crippen molar-refractivity contribution < 1.29 is 9.53 Å². The van der Waals surface area contributed by atoms with Gasteiger partial charge >= 0.3 is 6.03 Å². The number of carbonyl (C=O) groups excluding carboxylic acids is 1. The number of urea groups is 1. The van der Waals surface area contributed by atoms with Crippen molar-refractivity contribution in [3.63, 3.8) is 0 Å². The van der Waals surface area contributed by atoms with Crippen LogP contribution in [-0.4, -0.2) is 44.2 Å². The van der Waals surface area contributed by atoms with Crippen LogP contribution < -0.4 is 15.0 Å². The Labute approximate surface area is 150 Å². The van der Waals surface area contributed by atoms with Crippen molar-refractivity contribution in [2.45, 2.75) is 0 Å². The number of benzene rings is 2. The molecule has 24 heavy (non-hydrogen) atoms. The Morgan fingerprint density at radius 1 is 1.08 bits per heavy atom. The summed E-state index contributed by atoms with van der Waals surface area (Å²) in [6.45, 7) is 3.04. The summed E-state index contributed by atoms with van der Waals surface area (Å²) in [4.78, 5) is 16.5. The Kier molecular flexibility index (Phi) is 5.25. The molecule has 2 aromatic rings. The van der Waals surface area contributed by atoms with E-state index in [1.54, 1.807) is 7.11 Å². The molecule has 1 aliphatic rings. The van der Waals surface area contributed by atoms with E-state index in [1.807, 2.05) is 41.3 Å². The third kappa shape index (κ3) is 4.00. The maximum absolute atomic E-state index is 12.4. The number of nitrogens with one attached hydrogen (secondary N) is 1. The number of nitrogens with zero attached hydrogens (tertiary/aromatic N) is 2. The topological polar surface area (TPSA) is 44.8 Å². The number of methoxy groups -OCH3 is 1. The monoisotopic (exact) mass is 389 g/mol. The largest absolute Gasteiger partial charge is 0.497 e. The van der Waals surface area contributed by atoms with Gasteiger partial charge in [-0.3, -0.25) is 0 Å². The van der Waals surface area contributed by atoms with Gasteiger partial charge in [0, 0.05) is 48.1 Å². The first-order valence-corrected chi connectivity index (χ1v) is 8.65. The molecule has 0 unspecified atom stereocenters. The zero-order chi connectivity index (χ0) is 16.9. The standard InChI is InChI=1S/C18H20BrN3O2/c1-24-17-7-3-5-15(13-17)20-18(23)22-10-8-21(9-11-22)16-6-2-4-14(19)12-16/h2-7,12-13H,8-11H2,1H3,(H,20,23). The van der Waals surface area contributed by atoms with Crippen LogP contribution in [0.2, 0.25) is 0 Å². The minimum atomic E-state index is -0.0721. The summed E-state index contributed by atoms with van der Waals surface area (Å²) < 4.78 is 6.25. The predicted octanol–water partition coefficient (Wildman–Crippen LogP) is 3.81. The molecule has 0 radical (unpaired) electrons. The molecule has 3 rings (SSSR count). The van der Waals surface area contributed by atoms with Crippen LogP contribution in [0.1, 0.15) is 0 Å². The SMILES string of the molecule is COc1cccc(NC(=O)N2CCN(c3cccc(Br)c3)CC2)c1. The van der Waals surface area contributed by atoms with Gasteiger partial charge in [0.1, 0.15) is 5.75 Å². The molecule has 126 valence electrons. The smallest absolute Gasteiger partial charge is 0.321 e. The minimum absolute atomic E-state index is 0.0721. The molecule has 1 N–H and O–H groups in total. The molecule has 2 aromatic carbocycles. The maximum Gasteiger partial charge on any atom is 0.321 e. The van der Waals surface area contributed by atoms with E-state index in [1.165, 1.54) is 5.69 Å². The number of anilines is 2. The Morgan fingerprint density at radius 2 is 1.83 bits per heavy atom. The van der Waals surface area contributed by atoms with Crippen LogP contribution in [0.4, 0.5) is 16.2 Å². The van der Waals surface area contributed by atoms with E-state index >= 15 is 0 Å². The van der Waals surface area contributed by atoms with Gasteiger partial charge in [0.15, 0.2) is 0 Å². The van der Waals surface area contributed by atoms with E-state index in [4.69, 9.17) is 4.74 Å². The number of amides is 2. The van der Waals surface area contributed by atoms with Crippen molar-refractivity contribution in [3.05, 3.63) is 53.0 Å². The van der Waals surface area contributed by atoms with Gasteiger partial charge in [-0.25, -0.2) is 4.79 Å². The van der Waals surface area contributed by atoms with E-state index < -0.39 is 0 Å². The number of carbonyl (C=O) groups is 1. The fourth-order valence-corrected chi connectivity index (χ4v) is 3.13. The number of halogens is 1. The molecular weight excluding hydrogens is 370 g/mol. The second kappa shape index (κ2) is 7.57. The molecule has 5 nitrogen and oxygen atoms in total. The molecule has 6 heteroatoms. The first-order chi connectivity index (χ1) is 11.7. The second-order valence-electron chi connectivity index (χ2n) is 5.62. The lowest BCUT2D eigenvalue weighted by atomic mass is 10.2. The first kappa shape index (κ1) is 16.6. The van der Waals surface area contributed by atoms with Crippen molar-refractivity contribution >= 4 is 33.3 Å². The predicted molar refractivity (Wildman–Crippen MR) is 99.9 cm³/mol. The van der Waals surface area contributed by atoms with E-state index in [0.717, 1.165) is 29.0 Å². The number of piperazine rings is 1. The highest BCUT2D eigenvalue weighted by Crippen LogP contribution is 2.22. The normalized spacial score (nSPS) is 14.4. The summed E-state index contributed by atoms with van der Waals surface area (Å²) >= 11 is 3.50. The molecular formula is C18H20BrN3O2. The van der Waals surface area contributed by atoms with Crippen molar-refractivity contribution in [1.29, 1.82) is 0 Å². The van der Waals surface area contributed by atoms with Crippen LogP contribution in [-0.2, 0) is 0 Å². The lowest BCUT2D eigenvalue weighted by molar-refractivity contribution is 0.208. The number of rotatable bonds is 3. The average molecular weight is 390 g/mol. The van der Waals surface area contributed by atoms with Gasteiger partial charge in [0.25, 0.3) is 0 Å². The maximum atomic E-state index is 12.4. The van der Waals surface area contributed by atoms with Crippen LogP contribution in [0.3, 0.4) is 0 Å². The molecule has 0 saturated carbocycles. The van der Waals surface area contributed by atoms with Crippen molar-refractivity contribution in [2.24, 2.45) is 0 Å². The van der Waals surface area contributed by atoms with Gasteiger partial charge in [0.2, 0.25) is 0 Å². The first-order valence-electron chi connectivity index (χ1n) is 7.86. The van der Waals surface area contributed by atoms with Gasteiger partial charge in [0.05, 0.1) is 7.11 Å². The third-order valence-corrected chi connectivity index (χ3v) is 4.55. The lowest BCUT2D eigenvalue weighted by Crippen LogP contribution is -2.50. The Morgan fingerprint density at radius 3 is 2.54 bits per heavy atom. The van der Waals surface area contributed by atoms with Crippen LogP contribution in [0.25, 0.3) is 0 Å². The number of ether oxygens (including phenoxy) is 1. The summed E-state index contributed by atoms with van der Waals surface area (Å²) in [5, 5.41) is 2.93. The molecule has 1 fully saturated rings. The molecule has 0 bridgehead atoms. The van der Waals surface area contributed by atoms with Gasteiger partial charge < -0.3 is 19.9 Å². The summed E-state index contributed by atoms with van der Waals surface area (Å²) in [5.74, 6) is 0.729. The van der Waals surface area contributed by atoms with Gasteiger partial charge in [-0.15, -0.1) is 0 Å². The van der Waals surface area contributed by atoms with Gasteiger partial charge in [-0.05, 0) is 30.3 Å². The summed E-state index contributed by atoms with van der Waals surface area (Å²) in [5.41, 5.74) is 1.92. The van der Waals surface area contributed by atoms with E-state index in [9.17, 15) is 4.79 Å². The summed E-state index contributed by atoms with van der Waals surface area (Å²) in [7, 11) is 1.61. The van der Waals surface area contributed by atoms with Crippen LogP contribution in [0.5, 0.6) is 5.75 Å². The van der Waals surface area contributed by atoms with Crippen molar-refractivity contribution in [3.8, 4) is 5.75 Å². The summed E-state index contributed by atoms with van der Waals surface area (Å²) in [6, 6.07) is 15.6. The molecule has 1 heterocycles. The molecule has 0 aromatic heterocycles.